The Balaban J connectivity index is 2.61. The fraction of sp³-hybridized carbons (Fsp3) is 0.300. The smallest absolute Gasteiger partial charge is 0.489 e. The van der Waals surface area contributed by atoms with Crippen LogP contribution in [0.1, 0.15) is 10.4 Å². The Morgan fingerprint density at radius 2 is 2.00 bits per heavy atom. The number of halogens is 3. The molecule has 110 valence electrons. The van der Waals surface area contributed by atoms with E-state index >= 15 is 0 Å². The van der Waals surface area contributed by atoms with Crippen molar-refractivity contribution in [1.82, 2.24) is 0 Å². The molecule has 1 aliphatic heterocycles. The molecule has 0 aliphatic carbocycles. The van der Waals surface area contributed by atoms with Crippen molar-refractivity contribution in [3.05, 3.63) is 23.8 Å². The predicted molar refractivity (Wildman–Crippen MR) is 61.2 cm³/mol. The number of carbonyl (C=O) groups is 1. The lowest BCUT2D eigenvalue weighted by Crippen LogP contribution is -2.45. The Labute approximate surface area is 111 Å². The van der Waals surface area contributed by atoms with Gasteiger partial charge in [-0.1, -0.05) is 6.07 Å². The quantitative estimate of drug-likeness (QED) is 0.893. The third-order valence-corrected chi connectivity index (χ3v) is 4.16. The fourth-order valence-electron chi connectivity index (χ4n) is 1.77. The number of hydrogen-bond acceptors (Lipinski definition) is 4. The van der Waals surface area contributed by atoms with Gasteiger partial charge in [-0.25, -0.2) is 4.79 Å². The molecule has 0 atom stereocenters. The van der Waals surface area contributed by atoms with Crippen molar-refractivity contribution in [2.24, 2.45) is 0 Å². The highest BCUT2D eigenvalue weighted by atomic mass is 32.2. The zero-order valence-corrected chi connectivity index (χ0v) is 10.5. The molecule has 0 amide bonds. The van der Waals surface area contributed by atoms with Gasteiger partial charge in [0.15, 0.2) is 5.75 Å². The van der Waals surface area contributed by atoms with Crippen molar-refractivity contribution in [1.29, 1.82) is 0 Å². The van der Waals surface area contributed by atoms with E-state index in [0.29, 0.717) is 0 Å². The third-order valence-electron chi connectivity index (χ3n) is 2.62. The van der Waals surface area contributed by atoms with E-state index in [9.17, 15) is 26.4 Å². The Kier molecular flexibility index (Phi) is 3.28. The highest BCUT2D eigenvalue weighted by Crippen LogP contribution is 2.40. The third kappa shape index (κ3) is 2.15. The maximum absolute atomic E-state index is 12.6. The van der Waals surface area contributed by atoms with E-state index in [1.165, 1.54) is 0 Å². The van der Waals surface area contributed by atoms with Crippen molar-refractivity contribution >= 4 is 21.7 Å². The molecule has 1 N–H and O–H groups in total. The van der Waals surface area contributed by atoms with Crippen LogP contribution in [0.2, 0.25) is 0 Å². The number of sulfonamides is 1. The monoisotopic (exact) mass is 311 g/mol. The number of aromatic carboxylic acids is 1. The lowest BCUT2D eigenvalue weighted by Gasteiger charge is -2.31. The van der Waals surface area contributed by atoms with E-state index < -0.39 is 39.3 Å². The number of alkyl halides is 3. The summed E-state index contributed by atoms with van der Waals surface area (Å²) < 4.78 is 65.8. The number of carboxylic acid groups (broad SMARTS) is 1. The molecule has 1 heterocycles. The standard InChI is InChI=1S/C10H8F3NO5S/c11-10(12,13)20(17,18)14-4-5-19-8-6(9(15)16)2-1-3-7(8)14/h1-3H,4-5H2,(H,15,16). The van der Waals surface area contributed by atoms with Gasteiger partial charge in [-0.05, 0) is 12.1 Å². The molecule has 0 unspecified atom stereocenters. The van der Waals surface area contributed by atoms with Crippen LogP contribution in [-0.2, 0) is 10.0 Å². The summed E-state index contributed by atoms with van der Waals surface area (Å²) in [6.07, 6.45) is 0. The van der Waals surface area contributed by atoms with Gasteiger partial charge in [-0.3, -0.25) is 4.31 Å². The molecule has 1 aromatic rings. The summed E-state index contributed by atoms with van der Waals surface area (Å²) in [4.78, 5) is 11.0. The van der Waals surface area contributed by atoms with Crippen LogP contribution in [0, 0.1) is 0 Å². The molecule has 1 aromatic carbocycles. The summed E-state index contributed by atoms with van der Waals surface area (Å²) in [6, 6.07) is 3.32. The van der Waals surface area contributed by atoms with Gasteiger partial charge < -0.3 is 9.84 Å². The molecule has 0 spiro atoms. The molecule has 0 fully saturated rings. The molecule has 1 aliphatic rings. The summed E-state index contributed by atoms with van der Waals surface area (Å²) >= 11 is 0. The minimum atomic E-state index is -5.59. The zero-order chi connectivity index (χ0) is 15.1. The Morgan fingerprint density at radius 1 is 1.35 bits per heavy atom. The minimum absolute atomic E-state index is 0.109. The SMILES string of the molecule is O=C(O)c1cccc2c1OCCN2S(=O)(=O)C(F)(F)F. The number of hydrogen-bond donors (Lipinski definition) is 1. The van der Waals surface area contributed by atoms with E-state index in [1.54, 1.807) is 0 Å². The summed E-state index contributed by atoms with van der Waals surface area (Å²) in [7, 11) is -5.59. The van der Waals surface area contributed by atoms with E-state index in [-0.39, 0.29) is 16.7 Å². The van der Waals surface area contributed by atoms with Crippen LogP contribution < -0.4 is 9.04 Å². The van der Waals surface area contributed by atoms with E-state index in [0.717, 1.165) is 18.2 Å². The molecule has 0 saturated heterocycles. The first-order valence-electron chi connectivity index (χ1n) is 5.24. The molecular weight excluding hydrogens is 303 g/mol. The van der Waals surface area contributed by atoms with Crippen LogP contribution in [0.4, 0.5) is 18.9 Å². The minimum Gasteiger partial charge on any atom is -0.489 e. The van der Waals surface area contributed by atoms with Gasteiger partial charge in [0.1, 0.15) is 12.2 Å². The molecule has 0 aromatic heterocycles. The molecule has 20 heavy (non-hydrogen) atoms. The van der Waals surface area contributed by atoms with Crippen LogP contribution in [0.5, 0.6) is 5.75 Å². The van der Waals surface area contributed by atoms with Crippen LogP contribution in [0.3, 0.4) is 0 Å². The molecule has 0 radical (unpaired) electrons. The van der Waals surface area contributed by atoms with E-state index in [4.69, 9.17) is 9.84 Å². The van der Waals surface area contributed by atoms with Gasteiger partial charge in [-0.2, -0.15) is 21.6 Å². The summed E-state index contributed by atoms with van der Waals surface area (Å²) in [6.45, 7) is -0.912. The average molecular weight is 311 g/mol. The molecular formula is C10H8F3NO5S. The summed E-state index contributed by atoms with van der Waals surface area (Å²) in [5, 5.41) is 8.92. The van der Waals surface area contributed by atoms with Crippen LogP contribution in [0.15, 0.2) is 18.2 Å². The summed E-state index contributed by atoms with van der Waals surface area (Å²) in [5.41, 5.74) is -6.31. The fourth-order valence-corrected chi connectivity index (χ4v) is 2.73. The number of fused-ring (bicyclic) bond motifs is 1. The second kappa shape index (κ2) is 4.54. The van der Waals surface area contributed by atoms with Gasteiger partial charge >= 0.3 is 21.5 Å². The van der Waals surface area contributed by atoms with Crippen molar-refractivity contribution in [2.75, 3.05) is 17.5 Å². The lowest BCUT2D eigenvalue weighted by molar-refractivity contribution is -0.0439. The Hall–Kier alpha value is -1.97. The molecule has 2 rings (SSSR count). The molecule has 0 saturated carbocycles. The highest BCUT2D eigenvalue weighted by molar-refractivity contribution is 7.93. The zero-order valence-electron chi connectivity index (χ0n) is 9.72. The normalized spacial score (nSPS) is 15.4. The van der Waals surface area contributed by atoms with Gasteiger partial charge in [0.2, 0.25) is 0 Å². The number of para-hydroxylation sites is 1. The van der Waals surface area contributed by atoms with Crippen molar-refractivity contribution in [2.45, 2.75) is 5.51 Å². The highest BCUT2D eigenvalue weighted by Gasteiger charge is 2.51. The number of anilines is 1. The van der Waals surface area contributed by atoms with Gasteiger partial charge in [0, 0.05) is 0 Å². The predicted octanol–water partition coefficient (Wildman–Crippen LogP) is 1.43. The number of nitrogens with zero attached hydrogens (tertiary/aromatic N) is 1. The maximum atomic E-state index is 12.6. The largest absolute Gasteiger partial charge is 0.516 e. The number of ether oxygens (including phenoxy) is 1. The molecule has 10 heteroatoms. The lowest BCUT2D eigenvalue weighted by atomic mass is 10.1. The first kappa shape index (κ1) is 14.4. The van der Waals surface area contributed by atoms with Gasteiger partial charge in [0.25, 0.3) is 0 Å². The average Bonchev–Trinajstić information content (AvgIpc) is 2.35. The molecule has 6 nitrogen and oxygen atoms in total. The van der Waals surface area contributed by atoms with Crippen LogP contribution in [-0.4, -0.2) is 38.2 Å². The maximum Gasteiger partial charge on any atom is 0.516 e. The Morgan fingerprint density at radius 3 is 2.55 bits per heavy atom. The number of rotatable bonds is 2. The second-order valence-corrected chi connectivity index (χ2v) is 5.68. The first-order chi connectivity index (χ1) is 9.16. The molecule has 0 bridgehead atoms. The van der Waals surface area contributed by atoms with E-state index in [1.807, 2.05) is 0 Å². The van der Waals surface area contributed by atoms with Crippen molar-refractivity contribution in [3.63, 3.8) is 0 Å². The second-order valence-electron chi connectivity index (χ2n) is 3.83. The number of benzene rings is 1. The number of carboxylic acids is 1. The van der Waals surface area contributed by atoms with Crippen molar-refractivity contribution < 1.29 is 36.2 Å². The Bertz CT molecular complexity index is 655. The van der Waals surface area contributed by atoms with Crippen LogP contribution in [0.25, 0.3) is 0 Å². The topological polar surface area (TPSA) is 83.9 Å². The first-order valence-corrected chi connectivity index (χ1v) is 6.68. The van der Waals surface area contributed by atoms with Crippen LogP contribution >= 0.6 is 0 Å². The summed E-state index contributed by atoms with van der Waals surface area (Å²) in [5.74, 6) is -1.81. The van der Waals surface area contributed by atoms with Gasteiger partial charge in [0.05, 0.1) is 12.2 Å². The van der Waals surface area contributed by atoms with E-state index in [2.05, 4.69) is 0 Å². The van der Waals surface area contributed by atoms with Gasteiger partial charge in [-0.15, -0.1) is 0 Å². The van der Waals surface area contributed by atoms with Crippen molar-refractivity contribution in [3.8, 4) is 5.75 Å².